The lowest BCUT2D eigenvalue weighted by molar-refractivity contribution is -0.126. The van der Waals surface area contributed by atoms with Gasteiger partial charge in [0.15, 0.2) is 0 Å². The Morgan fingerprint density at radius 1 is 1.35 bits per heavy atom. The summed E-state index contributed by atoms with van der Waals surface area (Å²) in [6.07, 6.45) is 7.57. The van der Waals surface area contributed by atoms with E-state index in [-0.39, 0.29) is 11.8 Å². The van der Waals surface area contributed by atoms with E-state index >= 15 is 0 Å². The van der Waals surface area contributed by atoms with E-state index in [9.17, 15) is 4.79 Å². The van der Waals surface area contributed by atoms with Gasteiger partial charge in [-0.2, -0.15) is 0 Å². The molecule has 1 aliphatic rings. The monoisotopic (exact) mass is 256 g/mol. The van der Waals surface area contributed by atoms with E-state index in [4.69, 9.17) is 18.0 Å². The largest absolute Gasteiger partial charge is 0.391 e. The van der Waals surface area contributed by atoms with Crippen LogP contribution in [-0.2, 0) is 4.79 Å². The first-order valence-electron chi connectivity index (χ1n) is 6.61. The molecule has 98 valence electrons. The first kappa shape index (κ1) is 14.4. The lowest BCUT2D eigenvalue weighted by atomic mass is 9.94. The van der Waals surface area contributed by atoms with Crippen LogP contribution in [-0.4, -0.2) is 16.4 Å². The van der Waals surface area contributed by atoms with Gasteiger partial charge in [-0.05, 0) is 26.2 Å². The molecule has 3 N–H and O–H groups in total. The van der Waals surface area contributed by atoms with Crippen LogP contribution < -0.4 is 11.1 Å². The van der Waals surface area contributed by atoms with Gasteiger partial charge < -0.3 is 11.1 Å². The van der Waals surface area contributed by atoms with Crippen LogP contribution in [0, 0.1) is 5.92 Å². The summed E-state index contributed by atoms with van der Waals surface area (Å²) in [5, 5.41) is 3.03. The molecule has 0 bridgehead atoms. The van der Waals surface area contributed by atoms with Crippen LogP contribution in [0.4, 0.5) is 0 Å². The van der Waals surface area contributed by atoms with Crippen molar-refractivity contribution in [3.8, 4) is 0 Å². The van der Waals surface area contributed by atoms with E-state index in [1.54, 1.807) is 0 Å². The van der Waals surface area contributed by atoms with Crippen LogP contribution >= 0.6 is 12.2 Å². The van der Waals surface area contributed by atoms with Gasteiger partial charge in [0.25, 0.3) is 0 Å². The molecule has 1 unspecified atom stereocenters. The number of nitrogens with two attached hydrogens (primary N) is 1. The summed E-state index contributed by atoms with van der Waals surface area (Å²) < 4.78 is 0. The van der Waals surface area contributed by atoms with Crippen molar-refractivity contribution >= 4 is 23.1 Å². The molecule has 0 radical (unpaired) electrons. The summed E-state index contributed by atoms with van der Waals surface area (Å²) in [6.45, 7) is 3.90. The van der Waals surface area contributed by atoms with Crippen LogP contribution in [0.5, 0.6) is 0 Å². The zero-order valence-electron chi connectivity index (χ0n) is 10.9. The van der Waals surface area contributed by atoms with E-state index in [0.717, 1.165) is 32.1 Å². The molecule has 0 aliphatic heterocycles. The van der Waals surface area contributed by atoms with Crippen molar-refractivity contribution in [2.75, 3.05) is 0 Å². The fourth-order valence-electron chi connectivity index (χ4n) is 2.24. The molecule has 0 aromatic rings. The quantitative estimate of drug-likeness (QED) is 0.600. The van der Waals surface area contributed by atoms with Gasteiger partial charge in [0.2, 0.25) is 5.91 Å². The molecular weight excluding hydrogens is 232 g/mol. The second kappa shape index (κ2) is 6.34. The molecule has 17 heavy (non-hydrogen) atoms. The first-order valence-corrected chi connectivity index (χ1v) is 7.02. The Morgan fingerprint density at radius 2 is 1.88 bits per heavy atom. The summed E-state index contributed by atoms with van der Waals surface area (Å²) in [5.41, 5.74) is 5.18. The van der Waals surface area contributed by atoms with E-state index in [1.807, 2.05) is 13.8 Å². The summed E-state index contributed by atoms with van der Waals surface area (Å²) in [4.78, 5) is 12.6. The number of carbonyl (C=O) groups excluding carboxylic acids is 1. The van der Waals surface area contributed by atoms with Crippen LogP contribution in [0.25, 0.3) is 0 Å². The molecule has 1 rings (SSSR count). The van der Waals surface area contributed by atoms with Gasteiger partial charge >= 0.3 is 0 Å². The Hall–Kier alpha value is -0.640. The van der Waals surface area contributed by atoms with E-state index in [0.29, 0.717) is 4.99 Å². The SMILES string of the molecule is CCC(C)(NC(=O)C1CCCCCC1)C(N)=S. The second-order valence-electron chi connectivity index (χ2n) is 5.23. The van der Waals surface area contributed by atoms with Crippen LogP contribution in [0.15, 0.2) is 0 Å². The van der Waals surface area contributed by atoms with Gasteiger partial charge in [-0.15, -0.1) is 0 Å². The fraction of sp³-hybridized carbons (Fsp3) is 0.846. The molecule has 0 aromatic carbocycles. The number of carbonyl (C=O) groups is 1. The highest BCUT2D eigenvalue weighted by molar-refractivity contribution is 7.80. The summed E-state index contributed by atoms with van der Waals surface area (Å²) in [7, 11) is 0. The van der Waals surface area contributed by atoms with Gasteiger partial charge in [-0.25, -0.2) is 0 Å². The zero-order valence-corrected chi connectivity index (χ0v) is 11.7. The average molecular weight is 256 g/mol. The first-order chi connectivity index (χ1) is 7.99. The van der Waals surface area contributed by atoms with Crippen molar-refractivity contribution < 1.29 is 4.79 Å². The maximum atomic E-state index is 12.2. The molecular formula is C13H24N2OS. The van der Waals surface area contributed by atoms with Crippen LogP contribution in [0.3, 0.4) is 0 Å². The highest BCUT2D eigenvalue weighted by atomic mass is 32.1. The molecule has 0 saturated heterocycles. The number of thiocarbonyl (C=S) groups is 1. The van der Waals surface area contributed by atoms with Crippen LogP contribution in [0.1, 0.15) is 58.8 Å². The third kappa shape index (κ3) is 3.95. The maximum absolute atomic E-state index is 12.2. The van der Waals surface area contributed by atoms with Crippen molar-refractivity contribution in [3.63, 3.8) is 0 Å². The highest BCUT2D eigenvalue weighted by Crippen LogP contribution is 2.24. The summed E-state index contributed by atoms with van der Waals surface area (Å²) in [5.74, 6) is 0.279. The molecule has 1 aliphatic carbocycles. The molecule has 1 atom stereocenters. The molecule has 1 saturated carbocycles. The fourth-order valence-corrected chi connectivity index (χ4v) is 2.44. The molecule has 3 nitrogen and oxygen atoms in total. The van der Waals surface area contributed by atoms with Gasteiger partial charge in [-0.3, -0.25) is 4.79 Å². The predicted molar refractivity (Wildman–Crippen MR) is 74.8 cm³/mol. The number of amides is 1. The average Bonchev–Trinajstić information content (AvgIpc) is 2.57. The minimum atomic E-state index is -0.529. The highest BCUT2D eigenvalue weighted by Gasteiger charge is 2.30. The van der Waals surface area contributed by atoms with Crippen molar-refractivity contribution in [1.82, 2.24) is 5.32 Å². The predicted octanol–water partition coefficient (Wildman–Crippen LogP) is 2.53. The Labute approximate surface area is 110 Å². The van der Waals surface area contributed by atoms with E-state index in [1.165, 1.54) is 12.8 Å². The zero-order chi connectivity index (χ0) is 12.9. The van der Waals surface area contributed by atoms with Crippen molar-refractivity contribution in [3.05, 3.63) is 0 Å². The molecule has 4 heteroatoms. The van der Waals surface area contributed by atoms with Crippen molar-refractivity contribution in [1.29, 1.82) is 0 Å². The van der Waals surface area contributed by atoms with Gasteiger partial charge in [0.05, 0.1) is 10.5 Å². The normalized spacial score (nSPS) is 21.3. The number of hydrogen-bond acceptors (Lipinski definition) is 2. The van der Waals surface area contributed by atoms with Crippen molar-refractivity contribution in [2.45, 2.75) is 64.3 Å². The van der Waals surface area contributed by atoms with Crippen LogP contribution in [0.2, 0.25) is 0 Å². The number of nitrogens with one attached hydrogen (secondary N) is 1. The van der Waals surface area contributed by atoms with E-state index < -0.39 is 5.54 Å². The maximum Gasteiger partial charge on any atom is 0.223 e. The van der Waals surface area contributed by atoms with Gasteiger partial charge in [0.1, 0.15) is 0 Å². The number of hydrogen-bond donors (Lipinski definition) is 2. The van der Waals surface area contributed by atoms with Crippen molar-refractivity contribution in [2.24, 2.45) is 11.7 Å². The Morgan fingerprint density at radius 3 is 2.29 bits per heavy atom. The molecule has 0 heterocycles. The molecule has 1 amide bonds. The topological polar surface area (TPSA) is 55.1 Å². The molecule has 0 aromatic heterocycles. The van der Waals surface area contributed by atoms with Gasteiger partial charge in [0, 0.05) is 5.92 Å². The summed E-state index contributed by atoms with van der Waals surface area (Å²) in [6, 6.07) is 0. The third-order valence-electron chi connectivity index (χ3n) is 3.88. The summed E-state index contributed by atoms with van der Waals surface area (Å²) >= 11 is 5.04. The third-order valence-corrected chi connectivity index (χ3v) is 4.33. The Kier molecular flexibility index (Phi) is 5.37. The minimum Gasteiger partial charge on any atom is -0.391 e. The smallest absolute Gasteiger partial charge is 0.223 e. The minimum absolute atomic E-state index is 0.129. The molecule has 0 spiro atoms. The Balaban J connectivity index is 2.60. The standard InChI is InChI=1S/C13H24N2OS/c1-3-13(2,12(14)17)15-11(16)10-8-6-4-5-7-9-10/h10H,3-9H2,1-2H3,(H2,14,17)(H,15,16). The van der Waals surface area contributed by atoms with Gasteiger partial charge in [-0.1, -0.05) is 44.8 Å². The molecule has 1 fully saturated rings. The lowest BCUT2D eigenvalue weighted by Gasteiger charge is -2.30. The number of rotatable bonds is 4. The second-order valence-corrected chi connectivity index (χ2v) is 5.67. The Bertz CT molecular complexity index is 285. The van der Waals surface area contributed by atoms with E-state index in [2.05, 4.69) is 5.32 Å². The lowest BCUT2D eigenvalue weighted by Crippen LogP contribution is -2.55.